The predicted molar refractivity (Wildman–Crippen MR) is 140 cm³/mol. The second-order valence-corrected chi connectivity index (χ2v) is 7.38. The van der Waals surface area contributed by atoms with E-state index < -0.39 is 11.7 Å². The quantitative estimate of drug-likeness (QED) is 0.164. The zero-order chi connectivity index (χ0) is 27.0. The van der Waals surface area contributed by atoms with Gasteiger partial charge in [0.25, 0.3) is 0 Å². The van der Waals surface area contributed by atoms with Gasteiger partial charge in [-0.25, -0.2) is 4.39 Å². The number of nitrogens with zero attached hydrogens (tertiary/aromatic N) is 1. The smallest absolute Gasteiger partial charge is 0.402 e. The van der Waals surface area contributed by atoms with Gasteiger partial charge in [-0.2, -0.15) is 13.2 Å². The summed E-state index contributed by atoms with van der Waals surface area (Å²) < 4.78 is 51.5. The number of hydrogen-bond donors (Lipinski definition) is 3. The molecular weight excluding hydrogens is 456 g/mol. The van der Waals surface area contributed by atoms with Gasteiger partial charge in [0.15, 0.2) is 0 Å². The SMILES string of the molecule is CC.CC/C(N)=C(\CC)C(=NC)NCc1ccccc1C(F)(F)F.CCCc1cc(F)ccc1N. The average molecular weight is 497 g/mol. The number of nitrogen functional groups attached to an aromatic ring is 1. The zero-order valence-corrected chi connectivity index (χ0v) is 21.7. The number of halogens is 4. The third-order valence-corrected chi connectivity index (χ3v) is 5.02. The monoisotopic (exact) mass is 496 g/mol. The van der Waals surface area contributed by atoms with Gasteiger partial charge < -0.3 is 16.8 Å². The molecule has 2 aromatic carbocycles. The lowest BCUT2D eigenvalue weighted by Gasteiger charge is -2.17. The summed E-state index contributed by atoms with van der Waals surface area (Å²) in [5, 5.41) is 2.98. The van der Waals surface area contributed by atoms with Gasteiger partial charge in [0.1, 0.15) is 11.7 Å². The Morgan fingerprint density at radius 1 is 0.971 bits per heavy atom. The van der Waals surface area contributed by atoms with E-state index in [9.17, 15) is 17.6 Å². The maximum Gasteiger partial charge on any atom is 0.416 e. The first-order valence-electron chi connectivity index (χ1n) is 12.0. The number of nitrogens with one attached hydrogen (secondary N) is 1. The highest BCUT2D eigenvalue weighted by molar-refractivity contribution is 5.98. The van der Waals surface area contributed by atoms with Crippen molar-refractivity contribution in [2.24, 2.45) is 10.7 Å². The van der Waals surface area contributed by atoms with Crippen LogP contribution in [0, 0.1) is 5.82 Å². The molecule has 0 saturated carbocycles. The van der Waals surface area contributed by atoms with E-state index in [0.29, 0.717) is 30.1 Å². The van der Waals surface area contributed by atoms with Gasteiger partial charge in [-0.3, -0.25) is 4.99 Å². The third-order valence-electron chi connectivity index (χ3n) is 5.02. The van der Waals surface area contributed by atoms with Gasteiger partial charge in [0, 0.05) is 30.5 Å². The number of nitrogens with two attached hydrogens (primary N) is 2. The van der Waals surface area contributed by atoms with Crippen LogP contribution < -0.4 is 16.8 Å². The first kappa shape index (κ1) is 32.0. The van der Waals surface area contributed by atoms with Crippen molar-refractivity contribution < 1.29 is 17.6 Å². The Kier molecular flexibility index (Phi) is 15.1. The van der Waals surface area contributed by atoms with Crippen LogP contribution in [0.5, 0.6) is 0 Å². The standard InChI is InChI=1S/C16H22F3N3.C9H12FN.C2H6/c1-4-12(14(20)5-2)15(21-3)22-10-11-8-6-7-9-13(11)16(17,18)19;1-2-3-7-6-8(10)4-5-9(7)11;1-2/h6-9H,4-5,10,20H2,1-3H3,(H,21,22);4-6H,2-3,11H2,1H3;1-2H3/b14-12-;;. The zero-order valence-electron chi connectivity index (χ0n) is 21.7. The van der Waals surface area contributed by atoms with Crippen molar-refractivity contribution in [2.45, 2.75) is 73.0 Å². The first-order valence-corrected chi connectivity index (χ1v) is 12.0. The third kappa shape index (κ3) is 10.8. The summed E-state index contributed by atoms with van der Waals surface area (Å²) in [6.45, 7) is 9.96. The number of benzene rings is 2. The summed E-state index contributed by atoms with van der Waals surface area (Å²) in [6, 6.07) is 10.0. The van der Waals surface area contributed by atoms with Crippen LogP contribution in [-0.2, 0) is 19.1 Å². The van der Waals surface area contributed by atoms with Crippen molar-refractivity contribution in [3.05, 3.63) is 76.2 Å². The summed E-state index contributed by atoms with van der Waals surface area (Å²) >= 11 is 0. The molecule has 0 aromatic heterocycles. The number of anilines is 1. The molecule has 4 nitrogen and oxygen atoms in total. The number of hydrogen-bond acceptors (Lipinski definition) is 3. The Morgan fingerprint density at radius 2 is 1.60 bits per heavy atom. The molecule has 0 heterocycles. The molecule has 0 aliphatic heterocycles. The van der Waals surface area contributed by atoms with E-state index in [1.54, 1.807) is 19.2 Å². The maximum atomic E-state index is 13.0. The summed E-state index contributed by atoms with van der Waals surface area (Å²) in [7, 11) is 1.59. The van der Waals surface area contributed by atoms with E-state index in [-0.39, 0.29) is 17.9 Å². The Balaban J connectivity index is 0.000000742. The fourth-order valence-electron chi connectivity index (χ4n) is 3.27. The molecule has 35 heavy (non-hydrogen) atoms. The Labute approximate surface area is 207 Å². The van der Waals surface area contributed by atoms with E-state index in [1.165, 1.54) is 24.3 Å². The van der Waals surface area contributed by atoms with Crippen LogP contribution in [0.15, 0.2) is 58.7 Å². The fourth-order valence-corrected chi connectivity index (χ4v) is 3.27. The van der Waals surface area contributed by atoms with Crippen molar-refractivity contribution in [3.8, 4) is 0 Å². The van der Waals surface area contributed by atoms with E-state index >= 15 is 0 Å². The molecule has 2 rings (SSSR count). The van der Waals surface area contributed by atoms with Gasteiger partial charge in [0.05, 0.1) is 5.56 Å². The highest BCUT2D eigenvalue weighted by atomic mass is 19.4. The van der Waals surface area contributed by atoms with E-state index in [1.807, 2.05) is 34.6 Å². The van der Waals surface area contributed by atoms with Crippen molar-refractivity contribution in [1.29, 1.82) is 0 Å². The summed E-state index contributed by atoms with van der Waals surface area (Å²) in [4.78, 5) is 4.12. The molecule has 8 heteroatoms. The molecular formula is C27H40F4N4. The Morgan fingerprint density at radius 3 is 2.11 bits per heavy atom. The van der Waals surface area contributed by atoms with Crippen LogP contribution in [0.3, 0.4) is 0 Å². The second kappa shape index (κ2) is 16.6. The molecule has 5 N–H and O–H groups in total. The van der Waals surface area contributed by atoms with Crippen molar-refractivity contribution >= 4 is 11.5 Å². The average Bonchev–Trinajstić information content (AvgIpc) is 2.85. The second-order valence-electron chi connectivity index (χ2n) is 7.38. The molecule has 0 aliphatic carbocycles. The molecule has 0 spiro atoms. The molecule has 0 atom stereocenters. The van der Waals surface area contributed by atoms with Gasteiger partial charge in [-0.1, -0.05) is 59.2 Å². The number of rotatable bonds is 7. The lowest BCUT2D eigenvalue weighted by Crippen LogP contribution is -2.28. The van der Waals surface area contributed by atoms with Gasteiger partial charge in [0.2, 0.25) is 0 Å². The van der Waals surface area contributed by atoms with Crippen LogP contribution in [0.1, 0.15) is 70.6 Å². The van der Waals surface area contributed by atoms with Crippen LogP contribution in [0.2, 0.25) is 0 Å². The molecule has 0 radical (unpaired) electrons. The van der Waals surface area contributed by atoms with Crippen LogP contribution in [0.25, 0.3) is 0 Å². The molecule has 0 amide bonds. The summed E-state index contributed by atoms with van der Waals surface area (Å²) in [5.41, 5.74) is 14.2. The van der Waals surface area contributed by atoms with Crippen LogP contribution >= 0.6 is 0 Å². The van der Waals surface area contributed by atoms with Gasteiger partial charge >= 0.3 is 6.18 Å². The lowest BCUT2D eigenvalue weighted by molar-refractivity contribution is -0.138. The van der Waals surface area contributed by atoms with Crippen molar-refractivity contribution in [3.63, 3.8) is 0 Å². The van der Waals surface area contributed by atoms with E-state index in [0.717, 1.165) is 30.0 Å². The minimum absolute atomic E-state index is 0.0445. The molecule has 196 valence electrons. The molecule has 0 fully saturated rings. The highest BCUT2D eigenvalue weighted by Crippen LogP contribution is 2.31. The van der Waals surface area contributed by atoms with Crippen LogP contribution in [0.4, 0.5) is 23.2 Å². The molecule has 0 aliphatic rings. The normalized spacial score (nSPS) is 12.0. The topological polar surface area (TPSA) is 76.4 Å². The van der Waals surface area contributed by atoms with Crippen LogP contribution in [-0.4, -0.2) is 12.9 Å². The van der Waals surface area contributed by atoms with Crippen molar-refractivity contribution in [1.82, 2.24) is 5.32 Å². The first-order chi connectivity index (χ1) is 16.6. The van der Waals surface area contributed by atoms with Crippen molar-refractivity contribution in [2.75, 3.05) is 12.8 Å². The fraction of sp³-hybridized carbons (Fsp3) is 0.444. The summed E-state index contributed by atoms with van der Waals surface area (Å²) in [6.07, 6.45) is -1.19. The van der Waals surface area contributed by atoms with E-state index in [4.69, 9.17) is 11.5 Å². The molecule has 2 aromatic rings. The summed E-state index contributed by atoms with van der Waals surface area (Å²) in [5.74, 6) is 0.335. The minimum atomic E-state index is -4.37. The number of allylic oxidation sites excluding steroid dienone is 1. The maximum absolute atomic E-state index is 13.0. The highest BCUT2D eigenvalue weighted by Gasteiger charge is 2.32. The van der Waals surface area contributed by atoms with E-state index in [2.05, 4.69) is 10.3 Å². The lowest BCUT2D eigenvalue weighted by atomic mass is 10.1. The number of alkyl halides is 3. The number of aryl methyl sites for hydroxylation is 1. The predicted octanol–water partition coefficient (Wildman–Crippen LogP) is 7.24. The van der Waals surface area contributed by atoms with Gasteiger partial charge in [-0.05, 0) is 54.7 Å². The molecule has 0 bridgehead atoms. The number of amidine groups is 1. The molecule has 0 unspecified atom stereocenters. The number of aliphatic imine (C=N–C) groups is 1. The Hall–Kier alpha value is -3.03. The van der Waals surface area contributed by atoms with Gasteiger partial charge in [-0.15, -0.1) is 0 Å². The minimum Gasteiger partial charge on any atom is -0.402 e. The molecule has 0 saturated heterocycles. The largest absolute Gasteiger partial charge is 0.416 e. The Bertz CT molecular complexity index is 950.